The summed E-state index contributed by atoms with van der Waals surface area (Å²) in [6, 6.07) is 25.2. The Morgan fingerprint density at radius 2 is 1.30 bits per heavy atom. The zero-order valence-electron chi connectivity index (χ0n) is 16.0. The van der Waals surface area contributed by atoms with Gasteiger partial charge in [0.2, 0.25) is 0 Å². The molecule has 0 spiro atoms. The molecular formula is C24H23N3. The first-order chi connectivity index (χ1) is 13.2. The first kappa shape index (κ1) is 17.2. The number of aromatic nitrogens is 3. The van der Waals surface area contributed by atoms with Crippen LogP contribution in [0, 0.1) is 13.8 Å². The van der Waals surface area contributed by atoms with Gasteiger partial charge in [0.1, 0.15) is 0 Å². The molecule has 4 aromatic rings. The van der Waals surface area contributed by atoms with Gasteiger partial charge in [-0.3, -0.25) is 4.57 Å². The van der Waals surface area contributed by atoms with Crippen molar-refractivity contribution in [3.8, 4) is 28.5 Å². The molecule has 4 rings (SSSR count). The van der Waals surface area contributed by atoms with Crippen molar-refractivity contribution in [2.45, 2.75) is 27.2 Å². The van der Waals surface area contributed by atoms with Crippen LogP contribution in [0.5, 0.6) is 0 Å². The van der Waals surface area contributed by atoms with Crippen molar-refractivity contribution >= 4 is 0 Å². The molecule has 1 heterocycles. The van der Waals surface area contributed by atoms with Crippen molar-refractivity contribution in [3.05, 3.63) is 89.5 Å². The Bertz CT molecular complexity index is 1060. The van der Waals surface area contributed by atoms with Crippen LogP contribution in [0.2, 0.25) is 0 Å². The predicted molar refractivity (Wildman–Crippen MR) is 111 cm³/mol. The molecule has 27 heavy (non-hydrogen) atoms. The highest BCUT2D eigenvalue weighted by molar-refractivity contribution is 5.69. The average Bonchev–Trinajstić information content (AvgIpc) is 3.13. The summed E-state index contributed by atoms with van der Waals surface area (Å²) in [5, 5.41) is 9.20. The highest BCUT2D eigenvalue weighted by Crippen LogP contribution is 2.31. The summed E-state index contributed by atoms with van der Waals surface area (Å²) in [6.45, 7) is 6.46. The summed E-state index contributed by atoms with van der Waals surface area (Å²) in [6.07, 6.45) is 0.997. The molecule has 0 radical (unpaired) electrons. The molecule has 3 aromatic carbocycles. The topological polar surface area (TPSA) is 30.7 Å². The van der Waals surface area contributed by atoms with Crippen molar-refractivity contribution in [2.24, 2.45) is 0 Å². The maximum absolute atomic E-state index is 4.61. The summed E-state index contributed by atoms with van der Waals surface area (Å²) in [7, 11) is 0. The van der Waals surface area contributed by atoms with Gasteiger partial charge >= 0.3 is 0 Å². The van der Waals surface area contributed by atoms with Crippen LogP contribution in [0.15, 0.2) is 72.8 Å². The van der Waals surface area contributed by atoms with Crippen molar-refractivity contribution in [3.63, 3.8) is 0 Å². The van der Waals surface area contributed by atoms with Gasteiger partial charge in [-0.2, -0.15) is 0 Å². The molecule has 0 aliphatic rings. The largest absolute Gasteiger partial charge is 0.274 e. The van der Waals surface area contributed by atoms with E-state index >= 15 is 0 Å². The summed E-state index contributed by atoms with van der Waals surface area (Å²) in [5.41, 5.74) is 7.01. The third-order valence-corrected chi connectivity index (χ3v) is 4.95. The Balaban J connectivity index is 2.02. The highest BCUT2D eigenvalue weighted by Gasteiger charge is 2.19. The zero-order valence-corrected chi connectivity index (χ0v) is 16.0. The molecule has 3 heteroatoms. The quantitative estimate of drug-likeness (QED) is 0.465. The van der Waals surface area contributed by atoms with E-state index in [1.165, 1.54) is 16.7 Å². The van der Waals surface area contributed by atoms with Gasteiger partial charge in [-0.25, -0.2) is 0 Å². The van der Waals surface area contributed by atoms with E-state index in [0.29, 0.717) is 0 Å². The third-order valence-electron chi connectivity index (χ3n) is 4.95. The highest BCUT2D eigenvalue weighted by atomic mass is 15.3. The van der Waals surface area contributed by atoms with E-state index in [1.54, 1.807) is 0 Å². The number of hydrogen-bond acceptors (Lipinski definition) is 2. The fraction of sp³-hybridized carbons (Fsp3) is 0.167. The molecule has 0 unspecified atom stereocenters. The lowest BCUT2D eigenvalue weighted by molar-refractivity contribution is 1.03. The zero-order chi connectivity index (χ0) is 18.8. The molecule has 0 aliphatic heterocycles. The molecule has 0 amide bonds. The van der Waals surface area contributed by atoms with Crippen molar-refractivity contribution in [2.75, 3.05) is 0 Å². The van der Waals surface area contributed by atoms with E-state index in [2.05, 4.69) is 90.1 Å². The molecular weight excluding hydrogens is 330 g/mol. The van der Waals surface area contributed by atoms with Gasteiger partial charge in [-0.15, -0.1) is 10.2 Å². The Kier molecular flexibility index (Phi) is 4.59. The van der Waals surface area contributed by atoms with Gasteiger partial charge in [0, 0.05) is 11.1 Å². The molecule has 0 bridgehead atoms. The van der Waals surface area contributed by atoms with Crippen LogP contribution in [0.1, 0.15) is 23.6 Å². The van der Waals surface area contributed by atoms with Gasteiger partial charge in [-0.1, -0.05) is 73.7 Å². The first-order valence-corrected chi connectivity index (χ1v) is 9.35. The van der Waals surface area contributed by atoms with E-state index in [9.17, 15) is 0 Å². The molecule has 0 atom stereocenters. The standard InChI is InChI=1S/C24H23N3/c1-4-19-12-9-15-21(16-19)24-26-25-23(20-13-6-5-7-14-20)27(24)22-17(2)10-8-11-18(22)3/h5-16H,4H2,1-3H3. The Hall–Kier alpha value is -3.20. The Morgan fingerprint density at radius 1 is 0.704 bits per heavy atom. The fourth-order valence-electron chi connectivity index (χ4n) is 3.55. The third kappa shape index (κ3) is 3.17. The van der Waals surface area contributed by atoms with E-state index in [0.717, 1.165) is 34.9 Å². The molecule has 0 saturated heterocycles. The summed E-state index contributed by atoms with van der Waals surface area (Å²) >= 11 is 0. The second-order valence-corrected chi connectivity index (χ2v) is 6.84. The lowest BCUT2D eigenvalue weighted by Gasteiger charge is -2.16. The number of benzene rings is 3. The predicted octanol–water partition coefficient (Wildman–Crippen LogP) is 5.78. The van der Waals surface area contributed by atoms with Crippen molar-refractivity contribution < 1.29 is 0 Å². The van der Waals surface area contributed by atoms with Crippen LogP contribution in [-0.2, 0) is 6.42 Å². The number of rotatable bonds is 4. The van der Waals surface area contributed by atoms with Crippen LogP contribution < -0.4 is 0 Å². The Morgan fingerprint density at radius 3 is 1.96 bits per heavy atom. The minimum absolute atomic E-state index is 0.866. The van der Waals surface area contributed by atoms with E-state index in [4.69, 9.17) is 0 Å². The lowest BCUT2D eigenvalue weighted by Crippen LogP contribution is -2.05. The SMILES string of the molecule is CCc1cccc(-c2nnc(-c3ccccc3)n2-c2c(C)cccc2C)c1. The summed E-state index contributed by atoms with van der Waals surface area (Å²) in [4.78, 5) is 0. The fourth-order valence-corrected chi connectivity index (χ4v) is 3.55. The van der Waals surface area contributed by atoms with Gasteiger partial charge in [0.05, 0.1) is 5.69 Å². The first-order valence-electron chi connectivity index (χ1n) is 9.35. The van der Waals surface area contributed by atoms with Gasteiger partial charge in [-0.05, 0) is 43.0 Å². The summed E-state index contributed by atoms with van der Waals surface area (Å²) < 4.78 is 2.20. The normalized spacial score (nSPS) is 10.9. The number of hydrogen-bond donors (Lipinski definition) is 0. The molecule has 0 N–H and O–H groups in total. The van der Waals surface area contributed by atoms with E-state index in [1.807, 2.05) is 18.2 Å². The second kappa shape index (κ2) is 7.20. The molecule has 1 aromatic heterocycles. The molecule has 0 saturated carbocycles. The molecule has 134 valence electrons. The van der Waals surface area contributed by atoms with Crippen LogP contribution in [0.4, 0.5) is 0 Å². The number of nitrogens with zero attached hydrogens (tertiary/aromatic N) is 3. The maximum atomic E-state index is 4.61. The second-order valence-electron chi connectivity index (χ2n) is 6.84. The minimum atomic E-state index is 0.866. The number of para-hydroxylation sites is 1. The van der Waals surface area contributed by atoms with Gasteiger partial charge < -0.3 is 0 Å². The Labute approximate surface area is 160 Å². The average molecular weight is 353 g/mol. The van der Waals surface area contributed by atoms with Gasteiger partial charge in [0.25, 0.3) is 0 Å². The van der Waals surface area contributed by atoms with Crippen LogP contribution in [0.25, 0.3) is 28.5 Å². The van der Waals surface area contributed by atoms with E-state index in [-0.39, 0.29) is 0 Å². The van der Waals surface area contributed by atoms with Crippen molar-refractivity contribution in [1.29, 1.82) is 0 Å². The maximum Gasteiger partial charge on any atom is 0.168 e. The molecule has 0 aliphatic carbocycles. The summed E-state index contributed by atoms with van der Waals surface area (Å²) in [5.74, 6) is 1.74. The van der Waals surface area contributed by atoms with Crippen molar-refractivity contribution in [1.82, 2.24) is 14.8 Å². The van der Waals surface area contributed by atoms with Gasteiger partial charge in [0.15, 0.2) is 11.6 Å². The smallest absolute Gasteiger partial charge is 0.168 e. The van der Waals surface area contributed by atoms with Crippen LogP contribution in [-0.4, -0.2) is 14.8 Å². The van der Waals surface area contributed by atoms with Crippen LogP contribution >= 0.6 is 0 Å². The number of aryl methyl sites for hydroxylation is 3. The van der Waals surface area contributed by atoms with Crippen LogP contribution in [0.3, 0.4) is 0 Å². The molecule has 3 nitrogen and oxygen atoms in total. The lowest BCUT2D eigenvalue weighted by atomic mass is 10.1. The van der Waals surface area contributed by atoms with E-state index < -0.39 is 0 Å². The molecule has 0 fully saturated rings. The monoisotopic (exact) mass is 353 g/mol. The minimum Gasteiger partial charge on any atom is -0.274 e.